The van der Waals surface area contributed by atoms with E-state index >= 15 is 0 Å². The molecule has 0 aromatic heterocycles. The normalized spacial score (nSPS) is 25.6. The zero-order valence-corrected chi connectivity index (χ0v) is 15.3. The van der Waals surface area contributed by atoms with Gasteiger partial charge in [-0.05, 0) is 47.6 Å². The molecule has 25 heavy (non-hydrogen) atoms. The number of hydrogen-bond donors (Lipinski definition) is 1. The van der Waals surface area contributed by atoms with E-state index in [1.54, 1.807) is 7.11 Å². The first-order valence-corrected chi connectivity index (χ1v) is 10.3. The third kappa shape index (κ3) is 2.96. The van der Waals surface area contributed by atoms with Gasteiger partial charge in [-0.15, -0.1) is 0 Å². The number of ether oxygens (including phenoxy) is 1. The van der Waals surface area contributed by atoms with E-state index in [9.17, 15) is 8.42 Å². The highest BCUT2D eigenvalue weighted by Gasteiger charge is 2.44. The fourth-order valence-corrected chi connectivity index (χ4v) is 5.60. The fraction of sp³-hybridized carbons (Fsp3) is 0.400. The van der Waals surface area contributed by atoms with Crippen molar-refractivity contribution in [3.8, 4) is 5.75 Å². The summed E-state index contributed by atoms with van der Waals surface area (Å²) in [5.41, 5.74) is 3.43. The maximum atomic E-state index is 12.6. The SMILES string of the molecule is COc1ccc2c(c1)[C@@H](NS(=O)(=O)C1CC1)[C@H](C)[C@H]2c1ccccc1. The van der Waals surface area contributed by atoms with Crippen LogP contribution in [-0.4, -0.2) is 20.8 Å². The lowest BCUT2D eigenvalue weighted by atomic mass is 9.86. The fourth-order valence-electron chi connectivity index (χ4n) is 3.96. The maximum absolute atomic E-state index is 12.6. The molecule has 2 aliphatic carbocycles. The quantitative estimate of drug-likeness (QED) is 0.889. The number of fused-ring (bicyclic) bond motifs is 1. The van der Waals surface area contributed by atoms with Gasteiger partial charge in [-0.2, -0.15) is 0 Å². The van der Waals surface area contributed by atoms with Crippen LogP contribution in [0.3, 0.4) is 0 Å². The van der Waals surface area contributed by atoms with Gasteiger partial charge in [0.2, 0.25) is 10.0 Å². The van der Waals surface area contributed by atoms with Crippen molar-refractivity contribution < 1.29 is 13.2 Å². The summed E-state index contributed by atoms with van der Waals surface area (Å²) in [6, 6.07) is 16.1. The van der Waals surface area contributed by atoms with Gasteiger partial charge < -0.3 is 4.74 Å². The third-order valence-corrected chi connectivity index (χ3v) is 7.36. The van der Waals surface area contributed by atoms with Gasteiger partial charge in [-0.1, -0.05) is 43.3 Å². The topological polar surface area (TPSA) is 55.4 Å². The van der Waals surface area contributed by atoms with Crippen LogP contribution < -0.4 is 9.46 Å². The standard InChI is InChI=1S/C20H23NO3S/c1-13-19(14-6-4-3-5-7-14)17-11-8-15(24-2)12-18(17)20(13)21-25(22,23)16-9-10-16/h3-8,11-13,16,19-21H,9-10H2,1-2H3/t13-,19+,20+/m1/s1. The minimum Gasteiger partial charge on any atom is -0.497 e. The van der Waals surface area contributed by atoms with Crippen molar-refractivity contribution in [1.82, 2.24) is 4.72 Å². The Hall–Kier alpha value is -1.85. The van der Waals surface area contributed by atoms with Crippen LogP contribution in [0.4, 0.5) is 0 Å². The lowest BCUT2D eigenvalue weighted by molar-refractivity contribution is 0.411. The summed E-state index contributed by atoms with van der Waals surface area (Å²) in [5.74, 6) is 1.07. The van der Waals surface area contributed by atoms with E-state index in [4.69, 9.17) is 4.74 Å². The molecule has 3 atom stereocenters. The summed E-state index contributed by atoms with van der Waals surface area (Å²) in [6.45, 7) is 2.13. The molecule has 0 saturated heterocycles. The molecular formula is C20H23NO3S. The smallest absolute Gasteiger partial charge is 0.215 e. The van der Waals surface area contributed by atoms with E-state index in [0.29, 0.717) is 0 Å². The zero-order valence-electron chi connectivity index (χ0n) is 14.5. The van der Waals surface area contributed by atoms with Crippen LogP contribution in [0.5, 0.6) is 5.75 Å². The summed E-state index contributed by atoms with van der Waals surface area (Å²) < 4.78 is 33.5. The number of hydrogen-bond acceptors (Lipinski definition) is 3. The number of nitrogens with one attached hydrogen (secondary N) is 1. The Morgan fingerprint density at radius 2 is 1.76 bits per heavy atom. The van der Waals surface area contributed by atoms with Crippen molar-refractivity contribution in [2.45, 2.75) is 37.0 Å². The molecule has 1 N–H and O–H groups in total. The van der Waals surface area contributed by atoms with Crippen molar-refractivity contribution >= 4 is 10.0 Å². The number of sulfonamides is 1. The van der Waals surface area contributed by atoms with Gasteiger partial charge in [0.1, 0.15) is 5.75 Å². The average molecular weight is 357 g/mol. The molecule has 4 rings (SSSR count). The third-order valence-electron chi connectivity index (χ3n) is 5.43. The molecule has 0 unspecified atom stereocenters. The largest absolute Gasteiger partial charge is 0.497 e. The Labute approximate surface area is 149 Å². The highest BCUT2D eigenvalue weighted by molar-refractivity contribution is 7.90. The van der Waals surface area contributed by atoms with E-state index in [0.717, 1.165) is 24.2 Å². The molecule has 5 heteroatoms. The minimum atomic E-state index is -3.26. The van der Waals surface area contributed by atoms with Crippen molar-refractivity contribution in [1.29, 1.82) is 0 Å². The molecule has 0 bridgehead atoms. The maximum Gasteiger partial charge on any atom is 0.215 e. The lowest BCUT2D eigenvalue weighted by Gasteiger charge is -2.23. The Morgan fingerprint density at radius 3 is 2.40 bits per heavy atom. The second-order valence-electron chi connectivity index (χ2n) is 7.08. The molecule has 0 amide bonds. The van der Waals surface area contributed by atoms with E-state index in [2.05, 4.69) is 29.8 Å². The van der Waals surface area contributed by atoms with Gasteiger partial charge in [-0.3, -0.25) is 0 Å². The first-order valence-electron chi connectivity index (χ1n) is 8.75. The van der Waals surface area contributed by atoms with Crippen LogP contribution in [0.1, 0.15) is 48.4 Å². The molecule has 1 fully saturated rings. The predicted molar refractivity (Wildman–Crippen MR) is 98.3 cm³/mol. The van der Waals surface area contributed by atoms with E-state index < -0.39 is 10.0 Å². The summed E-state index contributed by atoms with van der Waals surface area (Å²) in [5, 5.41) is -0.218. The predicted octanol–water partition coefficient (Wildman–Crippen LogP) is 3.60. The summed E-state index contributed by atoms with van der Waals surface area (Å²) in [6.07, 6.45) is 1.53. The van der Waals surface area contributed by atoms with Crippen LogP contribution in [0.2, 0.25) is 0 Å². The first kappa shape index (κ1) is 16.6. The van der Waals surface area contributed by atoms with Crippen molar-refractivity contribution in [2.24, 2.45) is 5.92 Å². The Kier molecular flexibility index (Phi) is 4.08. The van der Waals surface area contributed by atoms with E-state index in [1.807, 2.05) is 30.3 Å². The Bertz CT molecular complexity index is 875. The molecule has 0 aliphatic heterocycles. The second kappa shape index (κ2) is 6.15. The average Bonchev–Trinajstić information content (AvgIpc) is 3.44. The van der Waals surface area contributed by atoms with Gasteiger partial charge in [0.05, 0.1) is 18.4 Å². The van der Waals surface area contributed by atoms with Crippen LogP contribution >= 0.6 is 0 Å². The van der Waals surface area contributed by atoms with Crippen LogP contribution in [0, 0.1) is 5.92 Å². The Balaban J connectivity index is 1.78. The van der Waals surface area contributed by atoms with E-state index in [1.165, 1.54) is 11.1 Å². The molecule has 132 valence electrons. The molecule has 2 aromatic carbocycles. The molecular weight excluding hydrogens is 334 g/mol. The van der Waals surface area contributed by atoms with Crippen LogP contribution in [0.25, 0.3) is 0 Å². The number of benzene rings is 2. The van der Waals surface area contributed by atoms with Gasteiger partial charge >= 0.3 is 0 Å². The van der Waals surface area contributed by atoms with Crippen LogP contribution in [0.15, 0.2) is 48.5 Å². The number of methoxy groups -OCH3 is 1. The molecule has 2 aromatic rings. The summed E-state index contributed by atoms with van der Waals surface area (Å²) in [7, 11) is -1.63. The summed E-state index contributed by atoms with van der Waals surface area (Å²) >= 11 is 0. The van der Waals surface area contributed by atoms with Gasteiger partial charge in [-0.25, -0.2) is 13.1 Å². The molecule has 1 saturated carbocycles. The van der Waals surface area contributed by atoms with Crippen molar-refractivity contribution in [3.05, 3.63) is 65.2 Å². The minimum absolute atomic E-state index is 0.137. The van der Waals surface area contributed by atoms with Crippen LogP contribution in [-0.2, 0) is 10.0 Å². The number of rotatable bonds is 5. The zero-order chi connectivity index (χ0) is 17.6. The van der Waals surface area contributed by atoms with Crippen molar-refractivity contribution in [3.63, 3.8) is 0 Å². The highest BCUT2D eigenvalue weighted by atomic mass is 32.2. The molecule has 4 nitrogen and oxygen atoms in total. The second-order valence-corrected chi connectivity index (χ2v) is 9.07. The van der Waals surface area contributed by atoms with E-state index in [-0.39, 0.29) is 23.1 Å². The molecule has 2 aliphatic rings. The highest BCUT2D eigenvalue weighted by Crippen LogP contribution is 2.50. The van der Waals surface area contributed by atoms with Crippen molar-refractivity contribution in [2.75, 3.05) is 7.11 Å². The van der Waals surface area contributed by atoms with Gasteiger partial charge in [0.25, 0.3) is 0 Å². The molecule has 0 radical (unpaired) electrons. The van der Waals surface area contributed by atoms with Gasteiger partial charge in [0, 0.05) is 5.92 Å². The van der Waals surface area contributed by atoms with Gasteiger partial charge in [0.15, 0.2) is 0 Å². The molecule has 0 heterocycles. The Morgan fingerprint density at radius 1 is 1.04 bits per heavy atom. The summed E-state index contributed by atoms with van der Waals surface area (Å²) in [4.78, 5) is 0. The first-order chi connectivity index (χ1) is 12.0. The molecule has 0 spiro atoms. The monoisotopic (exact) mass is 357 g/mol. The lowest BCUT2D eigenvalue weighted by Crippen LogP contribution is -2.33.